The molecule has 1 rings (SSSR count). The number of hydrogen-bond donors (Lipinski definition) is 1. The summed E-state index contributed by atoms with van der Waals surface area (Å²) in [7, 11) is 3.54. The van der Waals surface area contributed by atoms with E-state index in [2.05, 4.69) is 10.5 Å². The fourth-order valence-corrected chi connectivity index (χ4v) is 1.12. The lowest BCUT2D eigenvalue weighted by Crippen LogP contribution is -2.19. The lowest BCUT2D eigenvalue weighted by Gasteiger charge is -2.11. The maximum Gasteiger partial charge on any atom is 0.301 e. The summed E-state index contributed by atoms with van der Waals surface area (Å²) in [5.41, 5.74) is 1.88. The number of nitrogens with zero attached hydrogens (tertiary/aromatic N) is 4. The summed E-state index contributed by atoms with van der Waals surface area (Å²) in [6.45, 7) is 1.71. The molecule has 0 bridgehead atoms. The molecule has 0 amide bonds. The predicted octanol–water partition coefficient (Wildman–Crippen LogP) is 1.81. The minimum atomic E-state index is -0.699. The zero-order valence-electron chi connectivity index (χ0n) is 10.7. The van der Waals surface area contributed by atoms with Gasteiger partial charge in [-0.25, -0.2) is 0 Å². The minimum absolute atomic E-state index is 0.0943. The quantitative estimate of drug-likeness (QED) is 0.385. The monoisotopic (exact) mass is 267 g/mol. The average molecular weight is 267 g/mol. The van der Waals surface area contributed by atoms with Crippen molar-refractivity contribution in [3.63, 3.8) is 0 Å². The van der Waals surface area contributed by atoms with Crippen LogP contribution in [-0.4, -0.2) is 34.7 Å². The number of nitro benzene ring substituents is 2. The van der Waals surface area contributed by atoms with Crippen LogP contribution in [0, 0.1) is 20.2 Å². The third kappa shape index (κ3) is 3.63. The summed E-state index contributed by atoms with van der Waals surface area (Å²) in [4.78, 5) is 21.8. The van der Waals surface area contributed by atoms with Gasteiger partial charge in [-0.1, -0.05) is 0 Å². The molecule has 0 aromatic heterocycles. The van der Waals surface area contributed by atoms with Gasteiger partial charge in [0.1, 0.15) is 11.5 Å². The van der Waals surface area contributed by atoms with Gasteiger partial charge in [0, 0.05) is 20.2 Å². The molecule has 0 atom stereocenters. The third-order valence-electron chi connectivity index (χ3n) is 2.37. The first-order valence-corrected chi connectivity index (χ1v) is 5.23. The molecular formula is C10H13N5O4. The summed E-state index contributed by atoms with van der Waals surface area (Å²) in [5, 5.41) is 25.4. The van der Waals surface area contributed by atoms with Crippen LogP contribution in [0.2, 0.25) is 0 Å². The first-order valence-electron chi connectivity index (χ1n) is 5.23. The van der Waals surface area contributed by atoms with Gasteiger partial charge in [0.2, 0.25) is 0 Å². The van der Waals surface area contributed by atoms with E-state index in [0.29, 0.717) is 5.84 Å². The van der Waals surface area contributed by atoms with Crippen molar-refractivity contribution < 1.29 is 9.85 Å². The van der Waals surface area contributed by atoms with Crippen LogP contribution in [0.3, 0.4) is 0 Å². The van der Waals surface area contributed by atoms with E-state index in [1.54, 1.807) is 25.9 Å². The Hall–Kier alpha value is -2.71. The second kappa shape index (κ2) is 5.76. The van der Waals surface area contributed by atoms with Gasteiger partial charge >= 0.3 is 5.69 Å². The first kappa shape index (κ1) is 14.4. The van der Waals surface area contributed by atoms with Gasteiger partial charge in [0.05, 0.1) is 15.9 Å². The second-order valence-electron chi connectivity index (χ2n) is 3.88. The molecule has 1 aromatic carbocycles. The van der Waals surface area contributed by atoms with E-state index in [9.17, 15) is 20.2 Å². The van der Waals surface area contributed by atoms with Crippen molar-refractivity contribution in [1.29, 1.82) is 0 Å². The van der Waals surface area contributed by atoms with E-state index >= 15 is 0 Å². The molecule has 0 fully saturated rings. The van der Waals surface area contributed by atoms with E-state index in [1.807, 2.05) is 0 Å². The Morgan fingerprint density at radius 3 is 2.37 bits per heavy atom. The Bertz CT molecular complexity index is 541. The lowest BCUT2D eigenvalue weighted by molar-refractivity contribution is -0.393. The fourth-order valence-electron chi connectivity index (χ4n) is 1.12. The number of anilines is 1. The van der Waals surface area contributed by atoms with Crippen molar-refractivity contribution >= 4 is 22.9 Å². The van der Waals surface area contributed by atoms with Crippen LogP contribution in [0.15, 0.2) is 23.3 Å². The fraction of sp³-hybridized carbons (Fsp3) is 0.300. The molecule has 0 spiro atoms. The number of hydrazone groups is 1. The number of rotatable bonds is 4. The van der Waals surface area contributed by atoms with Crippen LogP contribution >= 0.6 is 0 Å². The van der Waals surface area contributed by atoms with Gasteiger partial charge in [-0.3, -0.25) is 25.7 Å². The number of benzene rings is 1. The summed E-state index contributed by atoms with van der Waals surface area (Å²) in [6.07, 6.45) is 0. The van der Waals surface area contributed by atoms with Crippen molar-refractivity contribution in [3.8, 4) is 0 Å². The lowest BCUT2D eigenvalue weighted by atomic mass is 10.2. The zero-order chi connectivity index (χ0) is 14.6. The topological polar surface area (TPSA) is 114 Å². The Morgan fingerprint density at radius 2 is 1.89 bits per heavy atom. The Kier molecular flexibility index (Phi) is 4.35. The molecular weight excluding hydrogens is 254 g/mol. The second-order valence-corrected chi connectivity index (χ2v) is 3.88. The van der Waals surface area contributed by atoms with Crippen LogP contribution in [0.5, 0.6) is 0 Å². The molecule has 0 aliphatic heterocycles. The predicted molar refractivity (Wildman–Crippen MR) is 70.2 cm³/mol. The van der Waals surface area contributed by atoms with E-state index < -0.39 is 15.5 Å². The SMILES string of the molecule is CC(=NNc1ccc([N+](=O)[O-])cc1[N+](=O)[O-])N(C)C. The molecule has 0 radical (unpaired) electrons. The number of amidine groups is 1. The highest BCUT2D eigenvalue weighted by Gasteiger charge is 2.19. The number of nitro groups is 2. The van der Waals surface area contributed by atoms with Gasteiger partial charge in [0.15, 0.2) is 0 Å². The molecule has 0 saturated carbocycles. The van der Waals surface area contributed by atoms with E-state index in [4.69, 9.17) is 0 Å². The van der Waals surface area contributed by atoms with Crippen molar-refractivity contribution in [2.75, 3.05) is 19.5 Å². The highest BCUT2D eigenvalue weighted by Crippen LogP contribution is 2.28. The van der Waals surface area contributed by atoms with Gasteiger partial charge in [-0.05, 0) is 13.0 Å². The van der Waals surface area contributed by atoms with Gasteiger partial charge in [-0.2, -0.15) is 5.10 Å². The molecule has 0 aliphatic rings. The minimum Gasteiger partial charge on any atom is -0.365 e. The van der Waals surface area contributed by atoms with Crippen molar-refractivity contribution in [3.05, 3.63) is 38.4 Å². The smallest absolute Gasteiger partial charge is 0.301 e. The summed E-state index contributed by atoms with van der Waals surface area (Å²) in [6, 6.07) is 3.32. The largest absolute Gasteiger partial charge is 0.365 e. The first-order chi connectivity index (χ1) is 8.82. The highest BCUT2D eigenvalue weighted by molar-refractivity contribution is 5.80. The third-order valence-corrected chi connectivity index (χ3v) is 2.37. The standard InChI is InChI=1S/C10H13N5O4/c1-7(13(2)3)11-12-9-5-4-8(14(16)17)6-10(9)15(18)19/h4-6,12H,1-3H3. The number of nitrogens with one attached hydrogen (secondary N) is 1. The van der Waals surface area contributed by atoms with Gasteiger partial charge < -0.3 is 4.90 Å². The number of hydrogen-bond acceptors (Lipinski definition) is 6. The molecule has 1 N–H and O–H groups in total. The molecule has 9 heteroatoms. The molecule has 1 aromatic rings. The van der Waals surface area contributed by atoms with Crippen molar-refractivity contribution in [2.45, 2.75) is 6.92 Å². The molecule has 102 valence electrons. The molecule has 0 saturated heterocycles. The van der Waals surface area contributed by atoms with E-state index in [-0.39, 0.29) is 11.4 Å². The van der Waals surface area contributed by atoms with Crippen LogP contribution in [0.4, 0.5) is 17.1 Å². The molecule has 19 heavy (non-hydrogen) atoms. The molecule has 0 heterocycles. The number of non-ortho nitro benzene ring substituents is 1. The highest BCUT2D eigenvalue weighted by atomic mass is 16.6. The van der Waals surface area contributed by atoms with Crippen LogP contribution in [0.1, 0.15) is 6.92 Å². The van der Waals surface area contributed by atoms with Crippen LogP contribution < -0.4 is 5.43 Å². The average Bonchev–Trinajstić information content (AvgIpc) is 2.35. The Labute approximate surface area is 108 Å². The van der Waals surface area contributed by atoms with Crippen molar-refractivity contribution in [1.82, 2.24) is 4.90 Å². The molecule has 0 unspecified atom stereocenters. The van der Waals surface area contributed by atoms with Crippen LogP contribution in [-0.2, 0) is 0 Å². The maximum absolute atomic E-state index is 10.9. The zero-order valence-corrected chi connectivity index (χ0v) is 10.7. The van der Waals surface area contributed by atoms with E-state index in [0.717, 1.165) is 6.07 Å². The normalized spacial score (nSPS) is 11.0. The Balaban J connectivity index is 3.11. The molecule has 0 aliphatic carbocycles. The Morgan fingerprint density at radius 1 is 1.26 bits per heavy atom. The van der Waals surface area contributed by atoms with Crippen LogP contribution in [0.25, 0.3) is 0 Å². The summed E-state index contributed by atoms with van der Waals surface area (Å²) >= 11 is 0. The van der Waals surface area contributed by atoms with Gasteiger partial charge in [-0.15, -0.1) is 0 Å². The van der Waals surface area contributed by atoms with Gasteiger partial charge in [0.25, 0.3) is 5.69 Å². The van der Waals surface area contributed by atoms with E-state index in [1.165, 1.54) is 12.1 Å². The summed E-state index contributed by atoms with van der Waals surface area (Å²) < 4.78 is 0. The summed E-state index contributed by atoms with van der Waals surface area (Å²) in [5.74, 6) is 0.604. The van der Waals surface area contributed by atoms with Crippen molar-refractivity contribution in [2.24, 2.45) is 5.10 Å². The molecule has 9 nitrogen and oxygen atoms in total. The maximum atomic E-state index is 10.9.